The van der Waals surface area contributed by atoms with Gasteiger partial charge in [0.25, 0.3) is 0 Å². The first-order valence-electron chi connectivity index (χ1n) is 4.84. The van der Waals surface area contributed by atoms with E-state index in [0.717, 1.165) is 6.42 Å². The molecule has 1 unspecified atom stereocenters. The molecule has 0 saturated carbocycles. The topological polar surface area (TPSA) is 72.2 Å². The Bertz CT molecular complexity index is 429. The summed E-state index contributed by atoms with van der Waals surface area (Å²) < 4.78 is 26.2. The lowest BCUT2D eigenvalue weighted by Crippen LogP contribution is -2.32. The van der Waals surface area contributed by atoms with Crippen LogP contribution in [0.1, 0.15) is 20.3 Å². The quantitative estimate of drug-likeness (QED) is 0.764. The lowest BCUT2D eigenvalue weighted by atomic mass is 10.3. The first-order valence-corrected chi connectivity index (χ1v) is 6.32. The van der Waals surface area contributed by atoms with Crippen molar-refractivity contribution in [1.82, 2.24) is 4.72 Å². The summed E-state index contributed by atoms with van der Waals surface area (Å²) in [6, 6.07) is 6.35. The molecule has 0 amide bonds. The molecule has 0 heterocycles. The first-order chi connectivity index (χ1) is 6.97. The van der Waals surface area contributed by atoms with Gasteiger partial charge in [-0.05, 0) is 25.5 Å². The molecule has 0 spiro atoms. The molecule has 0 aromatic heterocycles. The van der Waals surface area contributed by atoms with Crippen molar-refractivity contribution in [1.29, 1.82) is 0 Å². The predicted molar refractivity (Wildman–Crippen MR) is 60.9 cm³/mol. The number of nitrogens with two attached hydrogens (primary N) is 1. The minimum atomic E-state index is -3.48. The van der Waals surface area contributed by atoms with Gasteiger partial charge in [0.1, 0.15) is 4.90 Å². The zero-order valence-corrected chi connectivity index (χ0v) is 9.71. The number of nitrogen functional groups attached to an aromatic ring is 1. The van der Waals surface area contributed by atoms with Crippen LogP contribution in [0.3, 0.4) is 0 Å². The number of rotatable bonds is 4. The maximum Gasteiger partial charge on any atom is 0.242 e. The van der Waals surface area contributed by atoms with Crippen LogP contribution >= 0.6 is 0 Å². The van der Waals surface area contributed by atoms with Crippen LogP contribution in [0.25, 0.3) is 0 Å². The van der Waals surface area contributed by atoms with Gasteiger partial charge in [-0.15, -0.1) is 0 Å². The number of benzene rings is 1. The van der Waals surface area contributed by atoms with E-state index in [1.54, 1.807) is 18.2 Å². The zero-order chi connectivity index (χ0) is 11.5. The molecule has 0 saturated heterocycles. The predicted octanol–water partition coefficient (Wildman–Crippen LogP) is 1.35. The highest BCUT2D eigenvalue weighted by Gasteiger charge is 2.18. The first kappa shape index (κ1) is 12.0. The highest BCUT2D eigenvalue weighted by atomic mass is 32.2. The monoisotopic (exact) mass is 228 g/mol. The summed E-state index contributed by atoms with van der Waals surface area (Å²) in [5, 5.41) is 0. The Balaban J connectivity index is 3.02. The molecule has 3 N–H and O–H groups in total. The standard InChI is InChI=1S/C10H16N2O2S/c1-3-8(2)12-15(13,14)10-7-5-4-6-9(10)11/h4-8,12H,3,11H2,1-2H3. The summed E-state index contributed by atoms with van der Waals surface area (Å²) in [5.41, 5.74) is 5.88. The van der Waals surface area contributed by atoms with Crippen LogP contribution in [0.4, 0.5) is 5.69 Å². The lowest BCUT2D eigenvalue weighted by molar-refractivity contribution is 0.556. The van der Waals surface area contributed by atoms with Crippen LogP contribution in [-0.2, 0) is 10.0 Å². The highest BCUT2D eigenvalue weighted by molar-refractivity contribution is 7.89. The molecule has 4 nitrogen and oxygen atoms in total. The summed E-state index contributed by atoms with van der Waals surface area (Å²) in [6.07, 6.45) is 0.742. The second kappa shape index (κ2) is 4.63. The molecule has 0 aliphatic carbocycles. The third kappa shape index (κ3) is 2.94. The van der Waals surface area contributed by atoms with Crippen molar-refractivity contribution in [2.75, 3.05) is 5.73 Å². The van der Waals surface area contributed by atoms with E-state index in [1.807, 2.05) is 13.8 Å². The molecule has 0 radical (unpaired) electrons. The molecule has 15 heavy (non-hydrogen) atoms. The van der Waals surface area contributed by atoms with Crippen LogP contribution in [-0.4, -0.2) is 14.5 Å². The summed E-state index contributed by atoms with van der Waals surface area (Å²) in [7, 11) is -3.48. The Kier molecular flexibility index (Phi) is 3.71. The van der Waals surface area contributed by atoms with Gasteiger partial charge in [-0.2, -0.15) is 0 Å². The van der Waals surface area contributed by atoms with E-state index in [0.29, 0.717) is 0 Å². The smallest absolute Gasteiger partial charge is 0.242 e. The lowest BCUT2D eigenvalue weighted by Gasteiger charge is -2.13. The molecular formula is C10H16N2O2S. The maximum atomic E-state index is 11.8. The summed E-state index contributed by atoms with van der Waals surface area (Å²) >= 11 is 0. The van der Waals surface area contributed by atoms with Gasteiger partial charge in [0.2, 0.25) is 10.0 Å². The molecular weight excluding hydrogens is 212 g/mol. The minimum absolute atomic E-state index is 0.0883. The van der Waals surface area contributed by atoms with Crippen LogP contribution in [0, 0.1) is 0 Å². The van der Waals surface area contributed by atoms with Crippen LogP contribution in [0.2, 0.25) is 0 Å². The second-order valence-electron chi connectivity index (χ2n) is 3.47. The highest BCUT2D eigenvalue weighted by Crippen LogP contribution is 2.17. The Hall–Kier alpha value is -1.07. The third-order valence-corrected chi connectivity index (χ3v) is 3.84. The van der Waals surface area contributed by atoms with Gasteiger partial charge in [0.15, 0.2) is 0 Å². The minimum Gasteiger partial charge on any atom is -0.398 e. The number of hydrogen-bond acceptors (Lipinski definition) is 3. The Morgan fingerprint density at radius 2 is 2.00 bits per heavy atom. The number of hydrogen-bond donors (Lipinski definition) is 2. The van der Waals surface area contributed by atoms with E-state index in [1.165, 1.54) is 6.07 Å². The molecule has 1 atom stereocenters. The van der Waals surface area contributed by atoms with Gasteiger partial charge in [0.05, 0.1) is 5.69 Å². The second-order valence-corrected chi connectivity index (χ2v) is 5.15. The number of para-hydroxylation sites is 1. The van der Waals surface area contributed by atoms with Crippen molar-refractivity contribution in [3.63, 3.8) is 0 Å². The van der Waals surface area contributed by atoms with E-state index in [4.69, 9.17) is 5.73 Å². The van der Waals surface area contributed by atoms with E-state index in [2.05, 4.69) is 4.72 Å². The molecule has 1 aromatic rings. The van der Waals surface area contributed by atoms with Crippen molar-refractivity contribution < 1.29 is 8.42 Å². The molecule has 1 rings (SSSR count). The van der Waals surface area contributed by atoms with E-state index in [-0.39, 0.29) is 16.6 Å². The van der Waals surface area contributed by atoms with Crippen molar-refractivity contribution in [3.05, 3.63) is 24.3 Å². The largest absolute Gasteiger partial charge is 0.398 e. The SMILES string of the molecule is CCC(C)NS(=O)(=O)c1ccccc1N. The molecule has 5 heteroatoms. The molecule has 0 fully saturated rings. The Morgan fingerprint density at radius 1 is 1.40 bits per heavy atom. The fourth-order valence-electron chi connectivity index (χ4n) is 1.14. The van der Waals surface area contributed by atoms with Gasteiger partial charge >= 0.3 is 0 Å². The Morgan fingerprint density at radius 3 is 2.53 bits per heavy atom. The van der Waals surface area contributed by atoms with Crippen LogP contribution in [0.5, 0.6) is 0 Å². The number of anilines is 1. The number of sulfonamides is 1. The molecule has 0 aliphatic heterocycles. The fourth-order valence-corrected chi connectivity index (χ4v) is 2.60. The Labute approximate surface area is 90.5 Å². The van der Waals surface area contributed by atoms with E-state index in [9.17, 15) is 8.42 Å². The molecule has 0 bridgehead atoms. The maximum absolute atomic E-state index is 11.8. The zero-order valence-electron chi connectivity index (χ0n) is 8.90. The van der Waals surface area contributed by atoms with Crippen molar-refractivity contribution in [3.8, 4) is 0 Å². The summed E-state index contributed by atoms with van der Waals surface area (Å²) in [4.78, 5) is 0.144. The average molecular weight is 228 g/mol. The molecule has 84 valence electrons. The van der Waals surface area contributed by atoms with E-state index < -0.39 is 10.0 Å². The van der Waals surface area contributed by atoms with Gasteiger partial charge in [-0.3, -0.25) is 0 Å². The van der Waals surface area contributed by atoms with Crippen molar-refractivity contribution in [2.24, 2.45) is 0 Å². The van der Waals surface area contributed by atoms with Crippen molar-refractivity contribution in [2.45, 2.75) is 31.2 Å². The van der Waals surface area contributed by atoms with E-state index >= 15 is 0 Å². The summed E-state index contributed by atoms with van der Waals surface area (Å²) in [6.45, 7) is 3.73. The average Bonchev–Trinajstić information content (AvgIpc) is 2.17. The van der Waals surface area contributed by atoms with Crippen LogP contribution in [0.15, 0.2) is 29.2 Å². The third-order valence-electron chi connectivity index (χ3n) is 2.18. The van der Waals surface area contributed by atoms with Gasteiger partial charge in [-0.1, -0.05) is 19.1 Å². The van der Waals surface area contributed by atoms with Crippen LogP contribution < -0.4 is 10.5 Å². The van der Waals surface area contributed by atoms with Gasteiger partial charge in [-0.25, -0.2) is 13.1 Å². The fraction of sp³-hybridized carbons (Fsp3) is 0.400. The van der Waals surface area contributed by atoms with Gasteiger partial charge < -0.3 is 5.73 Å². The van der Waals surface area contributed by atoms with Crippen molar-refractivity contribution >= 4 is 15.7 Å². The normalized spacial score (nSPS) is 13.7. The summed E-state index contributed by atoms with van der Waals surface area (Å²) in [5.74, 6) is 0. The number of nitrogens with one attached hydrogen (secondary N) is 1. The molecule has 1 aromatic carbocycles. The molecule has 0 aliphatic rings. The van der Waals surface area contributed by atoms with Gasteiger partial charge in [0, 0.05) is 6.04 Å².